The molecule has 0 atom stereocenters. The van der Waals surface area contributed by atoms with Gasteiger partial charge >= 0.3 is 6.03 Å². The Balaban J connectivity index is 1.42. The molecule has 0 radical (unpaired) electrons. The number of likely N-dealkylation sites (tertiary alicyclic amines) is 1. The highest BCUT2D eigenvalue weighted by atomic mass is 16.5. The molecule has 0 aliphatic carbocycles. The van der Waals surface area contributed by atoms with Crippen LogP contribution in [0, 0.1) is 0 Å². The molecule has 1 spiro atoms. The lowest BCUT2D eigenvalue weighted by Gasteiger charge is -2.43. The van der Waals surface area contributed by atoms with Crippen LogP contribution in [0.2, 0.25) is 0 Å². The standard InChI is InChI=1S/C22H24N2O3/c1-2-16-8-9-20-18(14-16)19(25)15-22(27-20)10-12-24(13-11-22)21(26)23-17-6-4-3-5-7-17/h3-9,14H,2,10-13,15H2,1H3,(H,23,26). The zero-order valence-electron chi connectivity index (χ0n) is 15.5. The predicted octanol–water partition coefficient (Wildman–Crippen LogP) is 4.28. The number of aryl methyl sites for hydroxylation is 1. The summed E-state index contributed by atoms with van der Waals surface area (Å²) >= 11 is 0. The first-order valence-corrected chi connectivity index (χ1v) is 9.55. The van der Waals surface area contributed by atoms with Crippen LogP contribution < -0.4 is 10.1 Å². The first-order chi connectivity index (χ1) is 13.1. The van der Waals surface area contributed by atoms with Crippen LogP contribution in [0.4, 0.5) is 10.5 Å². The number of nitrogens with one attached hydrogen (secondary N) is 1. The fraction of sp³-hybridized carbons (Fsp3) is 0.364. The van der Waals surface area contributed by atoms with Gasteiger partial charge in [-0.15, -0.1) is 0 Å². The third-order valence-electron chi connectivity index (χ3n) is 5.55. The highest BCUT2D eigenvalue weighted by Crippen LogP contribution is 2.39. The van der Waals surface area contributed by atoms with Crippen molar-refractivity contribution in [2.45, 2.75) is 38.2 Å². The van der Waals surface area contributed by atoms with Crippen LogP contribution in [-0.4, -0.2) is 35.4 Å². The number of para-hydroxylation sites is 1. The molecule has 5 heteroatoms. The maximum atomic E-state index is 12.7. The fourth-order valence-electron chi connectivity index (χ4n) is 3.88. The first-order valence-electron chi connectivity index (χ1n) is 9.55. The van der Waals surface area contributed by atoms with Gasteiger partial charge in [0.2, 0.25) is 0 Å². The fourth-order valence-corrected chi connectivity index (χ4v) is 3.88. The zero-order valence-corrected chi connectivity index (χ0v) is 15.5. The molecule has 2 aromatic carbocycles. The summed E-state index contributed by atoms with van der Waals surface area (Å²) in [6.45, 7) is 3.23. The molecule has 0 saturated carbocycles. The predicted molar refractivity (Wildman–Crippen MR) is 104 cm³/mol. The summed E-state index contributed by atoms with van der Waals surface area (Å²) in [6.07, 6.45) is 2.62. The SMILES string of the molecule is CCc1ccc2c(c1)C(=O)CC1(CCN(C(=O)Nc3ccccc3)CC1)O2. The summed E-state index contributed by atoms with van der Waals surface area (Å²) < 4.78 is 6.30. The van der Waals surface area contributed by atoms with Crippen molar-refractivity contribution < 1.29 is 14.3 Å². The van der Waals surface area contributed by atoms with Crippen molar-refractivity contribution in [3.63, 3.8) is 0 Å². The highest BCUT2D eigenvalue weighted by Gasteiger charge is 2.43. The number of hydrogen-bond acceptors (Lipinski definition) is 3. The second kappa shape index (κ2) is 7.06. The minimum absolute atomic E-state index is 0.105. The van der Waals surface area contributed by atoms with E-state index in [-0.39, 0.29) is 11.8 Å². The number of anilines is 1. The van der Waals surface area contributed by atoms with Crippen LogP contribution in [-0.2, 0) is 6.42 Å². The van der Waals surface area contributed by atoms with Crippen LogP contribution in [0.5, 0.6) is 5.75 Å². The van der Waals surface area contributed by atoms with Crippen LogP contribution in [0.15, 0.2) is 48.5 Å². The summed E-state index contributed by atoms with van der Waals surface area (Å²) in [7, 11) is 0. The second-order valence-electron chi connectivity index (χ2n) is 7.35. The smallest absolute Gasteiger partial charge is 0.321 e. The molecular weight excluding hydrogens is 340 g/mol. The molecule has 1 fully saturated rings. The summed E-state index contributed by atoms with van der Waals surface area (Å²) in [5.41, 5.74) is 2.15. The summed E-state index contributed by atoms with van der Waals surface area (Å²) in [4.78, 5) is 27.0. The lowest BCUT2D eigenvalue weighted by Crippen LogP contribution is -2.53. The quantitative estimate of drug-likeness (QED) is 0.865. The number of carbonyl (C=O) groups excluding carboxylic acids is 2. The molecule has 2 heterocycles. The Labute approximate surface area is 159 Å². The minimum atomic E-state index is -0.485. The van der Waals surface area contributed by atoms with Crippen LogP contribution in [0.25, 0.3) is 0 Å². The molecule has 0 unspecified atom stereocenters. The van der Waals surface area contributed by atoms with Crippen molar-refractivity contribution in [2.75, 3.05) is 18.4 Å². The van der Waals surface area contributed by atoms with E-state index in [0.717, 1.165) is 17.7 Å². The van der Waals surface area contributed by atoms with Gasteiger partial charge < -0.3 is 15.0 Å². The topological polar surface area (TPSA) is 58.6 Å². The Hall–Kier alpha value is -2.82. The molecule has 2 aliphatic heterocycles. The van der Waals surface area contributed by atoms with Crippen molar-refractivity contribution in [1.29, 1.82) is 0 Å². The molecular formula is C22H24N2O3. The minimum Gasteiger partial charge on any atom is -0.486 e. The van der Waals surface area contributed by atoms with E-state index >= 15 is 0 Å². The third-order valence-corrected chi connectivity index (χ3v) is 5.55. The molecule has 140 valence electrons. The van der Waals surface area contributed by atoms with Gasteiger partial charge in [0.25, 0.3) is 0 Å². The monoisotopic (exact) mass is 364 g/mol. The number of rotatable bonds is 2. The lowest BCUT2D eigenvalue weighted by molar-refractivity contribution is 0.000364. The maximum absolute atomic E-state index is 12.7. The Morgan fingerprint density at radius 2 is 1.89 bits per heavy atom. The van der Waals surface area contributed by atoms with E-state index in [1.165, 1.54) is 0 Å². The van der Waals surface area contributed by atoms with Gasteiger partial charge in [0.05, 0.1) is 12.0 Å². The van der Waals surface area contributed by atoms with Gasteiger partial charge in [-0.05, 0) is 36.2 Å². The van der Waals surface area contributed by atoms with Gasteiger partial charge in [0.1, 0.15) is 11.4 Å². The number of piperidine rings is 1. The lowest BCUT2D eigenvalue weighted by atomic mass is 9.82. The van der Waals surface area contributed by atoms with Gasteiger partial charge in [-0.3, -0.25) is 4.79 Å². The Bertz CT molecular complexity index is 855. The zero-order chi connectivity index (χ0) is 18.9. The average molecular weight is 364 g/mol. The molecule has 27 heavy (non-hydrogen) atoms. The first kappa shape index (κ1) is 17.6. The Morgan fingerprint density at radius 3 is 2.59 bits per heavy atom. The number of Topliss-reactive ketones (excluding diaryl/α,β-unsaturated/α-hetero) is 1. The van der Waals surface area contributed by atoms with Crippen molar-refractivity contribution in [2.24, 2.45) is 0 Å². The van der Waals surface area contributed by atoms with Crippen molar-refractivity contribution in [1.82, 2.24) is 4.90 Å². The molecule has 0 bridgehead atoms. The molecule has 0 aromatic heterocycles. The van der Waals surface area contributed by atoms with Gasteiger partial charge in [-0.2, -0.15) is 0 Å². The van der Waals surface area contributed by atoms with Crippen LogP contribution in [0.1, 0.15) is 42.1 Å². The van der Waals surface area contributed by atoms with E-state index in [1.54, 1.807) is 4.90 Å². The van der Waals surface area contributed by atoms with E-state index in [2.05, 4.69) is 12.2 Å². The van der Waals surface area contributed by atoms with E-state index in [9.17, 15) is 9.59 Å². The molecule has 2 aliphatic rings. The normalized spacial score (nSPS) is 18.0. The Kier molecular flexibility index (Phi) is 4.60. The summed E-state index contributed by atoms with van der Waals surface area (Å²) in [5, 5.41) is 2.92. The van der Waals surface area contributed by atoms with Crippen molar-refractivity contribution in [3.05, 3.63) is 59.7 Å². The van der Waals surface area contributed by atoms with Crippen LogP contribution in [0.3, 0.4) is 0 Å². The van der Waals surface area contributed by atoms with Gasteiger partial charge in [0, 0.05) is 31.6 Å². The Morgan fingerprint density at radius 1 is 1.15 bits per heavy atom. The molecule has 4 rings (SSSR count). The number of hydrogen-bond donors (Lipinski definition) is 1. The van der Waals surface area contributed by atoms with E-state index in [1.807, 2.05) is 48.5 Å². The van der Waals surface area contributed by atoms with E-state index < -0.39 is 5.60 Å². The number of urea groups is 1. The number of ketones is 1. The number of nitrogens with zero attached hydrogens (tertiary/aromatic N) is 1. The van der Waals surface area contributed by atoms with Gasteiger partial charge in [0.15, 0.2) is 5.78 Å². The van der Waals surface area contributed by atoms with Crippen molar-refractivity contribution >= 4 is 17.5 Å². The summed E-state index contributed by atoms with van der Waals surface area (Å²) in [6, 6.07) is 15.2. The average Bonchev–Trinajstić information content (AvgIpc) is 2.69. The molecule has 2 aromatic rings. The van der Waals surface area contributed by atoms with Gasteiger partial charge in [-0.25, -0.2) is 4.79 Å². The number of carbonyl (C=O) groups is 2. The second-order valence-corrected chi connectivity index (χ2v) is 7.35. The van der Waals surface area contributed by atoms with E-state index in [0.29, 0.717) is 43.7 Å². The molecule has 1 saturated heterocycles. The van der Waals surface area contributed by atoms with E-state index in [4.69, 9.17) is 4.74 Å². The van der Waals surface area contributed by atoms with Crippen LogP contribution >= 0.6 is 0 Å². The largest absolute Gasteiger partial charge is 0.486 e. The summed E-state index contributed by atoms with van der Waals surface area (Å²) in [5.74, 6) is 0.833. The number of fused-ring (bicyclic) bond motifs is 1. The number of benzene rings is 2. The maximum Gasteiger partial charge on any atom is 0.321 e. The third kappa shape index (κ3) is 3.54. The molecule has 2 amide bonds. The van der Waals surface area contributed by atoms with Crippen molar-refractivity contribution in [3.8, 4) is 5.75 Å². The van der Waals surface area contributed by atoms with Gasteiger partial charge in [-0.1, -0.05) is 31.2 Å². The molecule has 1 N–H and O–H groups in total. The highest BCUT2D eigenvalue weighted by molar-refractivity contribution is 6.00. The molecule has 5 nitrogen and oxygen atoms in total. The number of ether oxygens (including phenoxy) is 1. The number of amides is 2.